The summed E-state index contributed by atoms with van der Waals surface area (Å²) in [5.41, 5.74) is 18.4. The van der Waals surface area contributed by atoms with Crippen molar-refractivity contribution in [3.8, 4) is 0 Å². The van der Waals surface area contributed by atoms with Gasteiger partial charge in [0, 0.05) is 69.0 Å². The summed E-state index contributed by atoms with van der Waals surface area (Å²) in [5, 5.41) is 45.4. The number of fused-ring (bicyclic) bond motifs is 1. The number of primary amides is 1. The lowest BCUT2D eigenvalue weighted by molar-refractivity contribution is -0.136. The number of para-hydroxylation sites is 1. The number of amides is 10. The van der Waals surface area contributed by atoms with E-state index < -0.39 is 121 Å². The first-order chi connectivity index (χ1) is 37.8. The lowest BCUT2D eigenvalue weighted by Crippen LogP contribution is -2.61. The fourth-order valence-corrected chi connectivity index (χ4v) is 8.79. The zero-order valence-corrected chi connectivity index (χ0v) is 44.2. The van der Waals surface area contributed by atoms with Crippen molar-refractivity contribution < 1.29 is 47.9 Å². The molecule has 5 rings (SSSR count). The van der Waals surface area contributed by atoms with E-state index in [4.69, 9.17) is 28.0 Å². The second-order valence-corrected chi connectivity index (χ2v) is 19.7. The van der Waals surface area contributed by atoms with E-state index in [2.05, 4.69) is 63.5 Å². The first-order valence-corrected chi connectivity index (χ1v) is 26.5. The quantitative estimate of drug-likeness (QED) is 0.0307. The smallest absolute Gasteiger partial charge is 0.243 e. The molecule has 1 saturated carbocycles. The lowest BCUT2D eigenvalue weighted by atomic mass is 10.0. The summed E-state index contributed by atoms with van der Waals surface area (Å²) in [5.74, 6) is -8.61. The van der Waals surface area contributed by atoms with Crippen molar-refractivity contribution in [2.24, 2.45) is 17.2 Å². The number of hydrogen-bond donors (Lipinski definition) is 17. The summed E-state index contributed by atoms with van der Waals surface area (Å²) in [6, 6.07) is 5.92. The van der Waals surface area contributed by atoms with E-state index in [1.165, 1.54) is 6.92 Å². The number of rotatable bonds is 20. The minimum absolute atomic E-state index is 0.00341. The molecule has 1 unspecified atom stereocenters. The Bertz CT molecular complexity index is 2660. The standard InChI is InChI=1S/C52H75N17O10/c1-29(70)62-35(16-9-23-59-51(54)55)45(74)69-41-27-43(72)58-22-8-7-15-36(44(73)63-32-18-19-32)64-49(78)40(26-31-28-61-34-14-6-5-13-33(31)34)68-46(75)37(17-10-24-60-52(56)57)65-48(77)39(25-30-11-3-2-4-12-30)67-47(76)38(66-50(41)79)20-21-42(53)71/h2-6,11-14,28,32,35-41,61H,7-10,15-27H2,1H3,(H2,53,71)(H,58,72)(H,62,70)(H,63,73)(H,64,78)(H,65,77)(H,66,79)(H,67,76)(H,68,75)(H,69,74)(H4,54,55,59)(H4,56,57,60)/t35-,36?,37-,38-,39+,40-,41-/m0/s1. The summed E-state index contributed by atoms with van der Waals surface area (Å²) in [7, 11) is 0. The predicted molar refractivity (Wildman–Crippen MR) is 291 cm³/mol. The van der Waals surface area contributed by atoms with Crippen LogP contribution in [0.5, 0.6) is 0 Å². The van der Waals surface area contributed by atoms with Gasteiger partial charge in [0.1, 0.15) is 42.3 Å². The molecule has 27 heteroatoms. The molecule has 1 aliphatic heterocycles. The Hall–Kier alpha value is -8.78. The van der Waals surface area contributed by atoms with E-state index in [-0.39, 0.29) is 95.4 Å². The van der Waals surface area contributed by atoms with E-state index in [1.807, 2.05) is 24.3 Å². The Kier molecular flexibility index (Phi) is 23.8. The van der Waals surface area contributed by atoms with Gasteiger partial charge in [-0.15, -0.1) is 0 Å². The van der Waals surface area contributed by atoms with E-state index in [9.17, 15) is 47.9 Å². The van der Waals surface area contributed by atoms with Crippen LogP contribution in [0.3, 0.4) is 0 Å². The van der Waals surface area contributed by atoms with Crippen molar-refractivity contribution in [1.82, 2.24) is 63.5 Å². The maximum absolute atomic E-state index is 14.7. The molecule has 79 heavy (non-hydrogen) atoms. The van der Waals surface area contributed by atoms with Gasteiger partial charge in [-0.2, -0.15) is 0 Å². The summed E-state index contributed by atoms with van der Waals surface area (Å²) in [6.07, 6.45) is 2.40. The van der Waals surface area contributed by atoms with Gasteiger partial charge in [-0.3, -0.25) is 58.8 Å². The molecule has 2 heterocycles. The van der Waals surface area contributed by atoms with Gasteiger partial charge in [-0.25, -0.2) is 0 Å². The normalized spacial score (nSPS) is 21.5. The summed E-state index contributed by atoms with van der Waals surface area (Å²) < 4.78 is 0. The average molecular weight is 1100 g/mol. The second-order valence-electron chi connectivity index (χ2n) is 19.7. The van der Waals surface area contributed by atoms with Crippen molar-refractivity contribution >= 4 is 81.9 Å². The van der Waals surface area contributed by atoms with Gasteiger partial charge in [0.25, 0.3) is 0 Å². The van der Waals surface area contributed by atoms with E-state index >= 15 is 0 Å². The Morgan fingerprint density at radius 1 is 0.671 bits per heavy atom. The summed E-state index contributed by atoms with van der Waals surface area (Å²) in [6.45, 7) is 1.45. The third-order valence-corrected chi connectivity index (χ3v) is 13.1. The molecule has 1 saturated heterocycles. The van der Waals surface area contributed by atoms with Crippen LogP contribution < -0.4 is 75.7 Å². The third-order valence-electron chi connectivity index (χ3n) is 13.1. The number of aromatic nitrogens is 1. The number of carbonyl (C=O) groups excluding carboxylic acids is 10. The van der Waals surface area contributed by atoms with Crippen LogP contribution in [-0.4, -0.2) is 144 Å². The van der Waals surface area contributed by atoms with Crippen molar-refractivity contribution in [2.45, 2.75) is 145 Å². The van der Waals surface area contributed by atoms with Gasteiger partial charge in [-0.1, -0.05) is 48.5 Å². The number of nitrogens with one attached hydrogen (secondary N) is 14. The fraction of sp³-hybridized carbons (Fsp3) is 0.500. The van der Waals surface area contributed by atoms with E-state index in [1.54, 1.807) is 36.5 Å². The molecule has 2 aliphatic rings. The van der Waals surface area contributed by atoms with Crippen LogP contribution in [0, 0.1) is 10.8 Å². The lowest BCUT2D eigenvalue weighted by Gasteiger charge is -2.28. The second kappa shape index (κ2) is 30.8. The van der Waals surface area contributed by atoms with Crippen LogP contribution in [0.1, 0.15) is 95.1 Å². The van der Waals surface area contributed by atoms with Gasteiger partial charge >= 0.3 is 0 Å². The first-order valence-electron chi connectivity index (χ1n) is 26.5. The highest BCUT2D eigenvalue weighted by Gasteiger charge is 2.36. The maximum Gasteiger partial charge on any atom is 0.243 e. The van der Waals surface area contributed by atoms with Crippen LogP contribution in [0.25, 0.3) is 10.9 Å². The van der Waals surface area contributed by atoms with Gasteiger partial charge in [0.2, 0.25) is 59.1 Å². The van der Waals surface area contributed by atoms with Crippen molar-refractivity contribution in [1.29, 1.82) is 10.8 Å². The van der Waals surface area contributed by atoms with Gasteiger partial charge in [-0.05, 0) is 81.4 Å². The fourth-order valence-electron chi connectivity index (χ4n) is 8.79. The molecule has 1 aliphatic carbocycles. The topological polar surface area (TPSA) is 445 Å². The molecule has 2 fully saturated rings. The third kappa shape index (κ3) is 21.3. The monoisotopic (exact) mass is 1100 g/mol. The van der Waals surface area contributed by atoms with Crippen LogP contribution >= 0.6 is 0 Å². The Labute approximate surface area is 456 Å². The molecule has 2 aromatic carbocycles. The molecule has 27 nitrogen and oxygen atoms in total. The van der Waals surface area contributed by atoms with Crippen LogP contribution in [0.15, 0.2) is 60.8 Å². The molecule has 7 atom stereocenters. The maximum atomic E-state index is 14.7. The van der Waals surface area contributed by atoms with Crippen LogP contribution in [0.4, 0.5) is 0 Å². The highest BCUT2D eigenvalue weighted by atomic mass is 16.2. The predicted octanol–water partition coefficient (Wildman–Crippen LogP) is -2.87. The molecule has 0 radical (unpaired) electrons. The Morgan fingerprint density at radius 2 is 1.27 bits per heavy atom. The van der Waals surface area contributed by atoms with E-state index in [0.29, 0.717) is 11.1 Å². The number of aromatic amines is 1. The van der Waals surface area contributed by atoms with Gasteiger partial charge in [0.05, 0.1) is 6.42 Å². The molecule has 3 aromatic rings. The number of guanidine groups is 2. The Balaban J connectivity index is 1.54. The van der Waals surface area contributed by atoms with Gasteiger partial charge in [0.15, 0.2) is 11.9 Å². The van der Waals surface area contributed by atoms with Gasteiger partial charge < -0.3 is 80.7 Å². The molecule has 10 amide bonds. The summed E-state index contributed by atoms with van der Waals surface area (Å²) >= 11 is 0. The number of carbonyl (C=O) groups is 10. The van der Waals surface area contributed by atoms with E-state index in [0.717, 1.165) is 23.7 Å². The van der Waals surface area contributed by atoms with Crippen molar-refractivity contribution in [2.75, 3.05) is 19.6 Å². The molecular formula is C52H75N17O10. The molecule has 0 bridgehead atoms. The largest absolute Gasteiger partial charge is 0.370 e. The zero-order valence-electron chi connectivity index (χ0n) is 44.2. The zero-order chi connectivity index (χ0) is 57.4. The van der Waals surface area contributed by atoms with Crippen molar-refractivity contribution in [3.63, 3.8) is 0 Å². The highest BCUT2D eigenvalue weighted by Crippen LogP contribution is 2.21. The molecule has 1 aromatic heterocycles. The molecular weight excluding hydrogens is 1020 g/mol. The number of hydrogen-bond acceptors (Lipinski definition) is 12. The van der Waals surface area contributed by atoms with Crippen LogP contribution in [0.2, 0.25) is 0 Å². The minimum Gasteiger partial charge on any atom is -0.370 e. The van der Waals surface area contributed by atoms with Crippen LogP contribution in [-0.2, 0) is 60.8 Å². The number of H-pyrrole nitrogens is 1. The van der Waals surface area contributed by atoms with Crippen molar-refractivity contribution in [3.05, 3.63) is 71.9 Å². The number of nitrogens with two attached hydrogens (primary N) is 3. The first kappa shape index (κ1) is 61.1. The summed E-state index contributed by atoms with van der Waals surface area (Å²) in [4.78, 5) is 142. The Morgan fingerprint density at radius 3 is 1.92 bits per heavy atom. The molecule has 20 N–H and O–H groups in total. The molecule has 428 valence electrons. The highest BCUT2D eigenvalue weighted by molar-refractivity contribution is 5.99. The number of benzene rings is 2. The molecule has 0 spiro atoms. The average Bonchev–Trinajstić information content (AvgIpc) is 4.18. The minimum atomic E-state index is -1.70. The SMILES string of the molecule is CC(=O)N[C@@H](CCCNC(=N)N)C(=O)N[C@H]1CC(=O)NCCCCC(C(=O)NC2CC2)NC(=O)[C@H](Cc2c[nH]c3ccccc23)NC(=O)[C@H](CCCNC(=N)N)NC(=O)[C@@H](Cc2ccccc2)NC(=O)[C@H](CCC(N)=O)NC1=O.